The van der Waals surface area contributed by atoms with Crippen LogP contribution in [0, 0.1) is 11.3 Å². The summed E-state index contributed by atoms with van der Waals surface area (Å²) in [4.78, 5) is 0. The predicted octanol–water partition coefficient (Wildman–Crippen LogP) is 1.61. The number of benzene rings is 1. The van der Waals surface area contributed by atoms with Crippen molar-refractivity contribution in [1.29, 1.82) is 5.26 Å². The van der Waals surface area contributed by atoms with Gasteiger partial charge in [-0.15, -0.1) is 0 Å². The molecule has 0 radical (unpaired) electrons. The van der Waals surface area contributed by atoms with E-state index in [9.17, 15) is 5.11 Å². The zero-order valence-electron chi connectivity index (χ0n) is 10.9. The Kier molecular flexibility index (Phi) is 6.37. The Balaban J connectivity index is 2.36. The maximum atomic E-state index is 9.94. The van der Waals surface area contributed by atoms with Crippen molar-refractivity contribution in [2.75, 3.05) is 19.7 Å². The number of aliphatic hydroxyl groups is 1. The third-order valence-corrected chi connectivity index (χ3v) is 2.65. The molecule has 2 atom stereocenters. The second-order valence-electron chi connectivity index (χ2n) is 4.17. The first-order chi connectivity index (χ1) is 8.67. The second-order valence-corrected chi connectivity index (χ2v) is 4.17. The number of nitrogens with zero attached hydrogens (tertiary/aromatic N) is 1. The SMILES string of the molecule is CCOC(C)CNCC(O)c1ccc(C#N)cc1. The van der Waals surface area contributed by atoms with E-state index in [1.165, 1.54) is 0 Å². The van der Waals surface area contributed by atoms with Crippen molar-refractivity contribution >= 4 is 0 Å². The number of nitrogens with one attached hydrogen (secondary N) is 1. The van der Waals surface area contributed by atoms with Crippen LogP contribution in [0.5, 0.6) is 0 Å². The molecule has 2 N–H and O–H groups in total. The molecule has 2 unspecified atom stereocenters. The lowest BCUT2D eigenvalue weighted by Crippen LogP contribution is -2.30. The Labute approximate surface area is 108 Å². The van der Waals surface area contributed by atoms with E-state index in [0.717, 1.165) is 5.56 Å². The lowest BCUT2D eigenvalue weighted by atomic mass is 10.1. The third-order valence-electron chi connectivity index (χ3n) is 2.65. The van der Waals surface area contributed by atoms with Gasteiger partial charge in [0.25, 0.3) is 0 Å². The van der Waals surface area contributed by atoms with E-state index in [0.29, 0.717) is 25.3 Å². The van der Waals surface area contributed by atoms with Gasteiger partial charge >= 0.3 is 0 Å². The Bertz CT molecular complexity index is 384. The van der Waals surface area contributed by atoms with Crippen LogP contribution < -0.4 is 5.32 Å². The second kappa shape index (κ2) is 7.83. The molecule has 0 aliphatic rings. The Hall–Kier alpha value is -1.41. The van der Waals surface area contributed by atoms with Crippen molar-refractivity contribution in [3.05, 3.63) is 35.4 Å². The van der Waals surface area contributed by atoms with Crippen LogP contribution in [0.2, 0.25) is 0 Å². The maximum Gasteiger partial charge on any atom is 0.0991 e. The molecule has 0 aliphatic heterocycles. The summed E-state index contributed by atoms with van der Waals surface area (Å²) in [6, 6.07) is 9.02. The van der Waals surface area contributed by atoms with Gasteiger partial charge < -0.3 is 15.2 Å². The molecule has 0 amide bonds. The van der Waals surface area contributed by atoms with Gasteiger partial charge in [0.15, 0.2) is 0 Å². The number of aliphatic hydroxyl groups excluding tert-OH is 1. The van der Waals surface area contributed by atoms with Crippen LogP contribution in [-0.4, -0.2) is 30.9 Å². The van der Waals surface area contributed by atoms with Crippen molar-refractivity contribution in [2.24, 2.45) is 0 Å². The van der Waals surface area contributed by atoms with E-state index < -0.39 is 6.10 Å². The summed E-state index contributed by atoms with van der Waals surface area (Å²) >= 11 is 0. The lowest BCUT2D eigenvalue weighted by Gasteiger charge is -2.15. The molecule has 0 fully saturated rings. The largest absolute Gasteiger partial charge is 0.387 e. The number of ether oxygens (including phenoxy) is 1. The Morgan fingerprint density at radius 1 is 1.33 bits per heavy atom. The fraction of sp³-hybridized carbons (Fsp3) is 0.500. The number of hydrogen-bond acceptors (Lipinski definition) is 4. The zero-order valence-corrected chi connectivity index (χ0v) is 10.9. The van der Waals surface area contributed by atoms with Gasteiger partial charge in [-0.05, 0) is 31.5 Å². The summed E-state index contributed by atoms with van der Waals surface area (Å²) in [5, 5.41) is 21.8. The van der Waals surface area contributed by atoms with E-state index in [2.05, 4.69) is 11.4 Å². The molecule has 4 nitrogen and oxygen atoms in total. The van der Waals surface area contributed by atoms with E-state index in [-0.39, 0.29) is 6.10 Å². The molecule has 98 valence electrons. The molecule has 0 spiro atoms. The van der Waals surface area contributed by atoms with E-state index in [1.54, 1.807) is 24.3 Å². The zero-order chi connectivity index (χ0) is 13.4. The molecule has 4 heteroatoms. The summed E-state index contributed by atoms with van der Waals surface area (Å²) in [6.07, 6.45) is -0.422. The van der Waals surface area contributed by atoms with Gasteiger partial charge in [0.05, 0.1) is 23.8 Å². The molecule has 1 aromatic carbocycles. The molecule has 0 saturated carbocycles. The summed E-state index contributed by atoms with van der Waals surface area (Å²) < 4.78 is 5.38. The van der Waals surface area contributed by atoms with Crippen LogP contribution in [0.4, 0.5) is 0 Å². The Morgan fingerprint density at radius 2 is 2.00 bits per heavy atom. The minimum Gasteiger partial charge on any atom is -0.387 e. The van der Waals surface area contributed by atoms with Gasteiger partial charge in [0.2, 0.25) is 0 Å². The standard InChI is InChI=1S/C14H20N2O2/c1-3-18-11(2)9-16-10-14(17)13-6-4-12(8-15)5-7-13/h4-7,11,14,16-17H,3,9-10H2,1-2H3. The summed E-state index contributed by atoms with van der Waals surface area (Å²) in [6.45, 7) is 5.83. The van der Waals surface area contributed by atoms with Gasteiger partial charge in [0.1, 0.15) is 0 Å². The maximum absolute atomic E-state index is 9.94. The van der Waals surface area contributed by atoms with Crippen molar-refractivity contribution in [1.82, 2.24) is 5.32 Å². The van der Waals surface area contributed by atoms with E-state index in [4.69, 9.17) is 10.00 Å². The molecule has 0 bridgehead atoms. The molecule has 18 heavy (non-hydrogen) atoms. The highest BCUT2D eigenvalue weighted by atomic mass is 16.5. The lowest BCUT2D eigenvalue weighted by molar-refractivity contribution is 0.0723. The highest BCUT2D eigenvalue weighted by molar-refractivity contribution is 5.32. The van der Waals surface area contributed by atoms with Crippen LogP contribution in [0.15, 0.2) is 24.3 Å². The number of rotatable bonds is 7. The fourth-order valence-corrected chi connectivity index (χ4v) is 1.66. The predicted molar refractivity (Wildman–Crippen MR) is 70.1 cm³/mol. The minimum atomic E-state index is -0.563. The van der Waals surface area contributed by atoms with Crippen LogP contribution in [0.25, 0.3) is 0 Å². The summed E-state index contributed by atoms with van der Waals surface area (Å²) in [5.41, 5.74) is 1.41. The Morgan fingerprint density at radius 3 is 2.56 bits per heavy atom. The van der Waals surface area contributed by atoms with Gasteiger partial charge in [-0.3, -0.25) is 0 Å². The molecule has 0 aliphatic carbocycles. The molecule has 1 aromatic rings. The monoisotopic (exact) mass is 248 g/mol. The van der Waals surface area contributed by atoms with Crippen molar-refractivity contribution < 1.29 is 9.84 Å². The van der Waals surface area contributed by atoms with Crippen molar-refractivity contribution in [3.63, 3.8) is 0 Å². The summed E-state index contributed by atoms with van der Waals surface area (Å²) in [5.74, 6) is 0. The van der Waals surface area contributed by atoms with Gasteiger partial charge in [-0.25, -0.2) is 0 Å². The molecule has 0 saturated heterocycles. The molecular formula is C14H20N2O2. The normalized spacial score (nSPS) is 13.9. The first kappa shape index (κ1) is 14.7. The van der Waals surface area contributed by atoms with Gasteiger partial charge in [0, 0.05) is 19.7 Å². The van der Waals surface area contributed by atoms with E-state index >= 15 is 0 Å². The minimum absolute atomic E-state index is 0.142. The number of nitriles is 1. The summed E-state index contributed by atoms with van der Waals surface area (Å²) in [7, 11) is 0. The first-order valence-electron chi connectivity index (χ1n) is 6.17. The van der Waals surface area contributed by atoms with Crippen LogP contribution in [0.1, 0.15) is 31.1 Å². The number of hydrogen-bond donors (Lipinski definition) is 2. The quantitative estimate of drug-likeness (QED) is 0.769. The molecule has 0 heterocycles. The molecule has 1 rings (SSSR count). The van der Waals surface area contributed by atoms with Crippen molar-refractivity contribution in [2.45, 2.75) is 26.1 Å². The van der Waals surface area contributed by atoms with E-state index in [1.807, 2.05) is 13.8 Å². The smallest absolute Gasteiger partial charge is 0.0991 e. The van der Waals surface area contributed by atoms with Crippen LogP contribution in [-0.2, 0) is 4.74 Å². The van der Waals surface area contributed by atoms with Gasteiger partial charge in [-0.1, -0.05) is 12.1 Å². The third kappa shape index (κ3) is 4.84. The highest BCUT2D eigenvalue weighted by Gasteiger charge is 2.08. The van der Waals surface area contributed by atoms with Crippen molar-refractivity contribution in [3.8, 4) is 6.07 Å². The topological polar surface area (TPSA) is 65.3 Å². The first-order valence-corrected chi connectivity index (χ1v) is 6.17. The molecule has 0 aromatic heterocycles. The van der Waals surface area contributed by atoms with Crippen LogP contribution >= 0.6 is 0 Å². The van der Waals surface area contributed by atoms with Gasteiger partial charge in [-0.2, -0.15) is 5.26 Å². The highest BCUT2D eigenvalue weighted by Crippen LogP contribution is 2.12. The average Bonchev–Trinajstić information content (AvgIpc) is 2.39. The molecular weight excluding hydrogens is 228 g/mol. The average molecular weight is 248 g/mol. The fourth-order valence-electron chi connectivity index (χ4n) is 1.66. The van der Waals surface area contributed by atoms with Crippen LogP contribution in [0.3, 0.4) is 0 Å².